The molecule has 0 heterocycles. The largest absolute Gasteiger partial charge is 0.488 e. The Morgan fingerprint density at radius 1 is 0.588 bits per heavy atom. The van der Waals surface area contributed by atoms with Gasteiger partial charge in [-0.2, -0.15) is 0 Å². The molecule has 0 spiro atoms. The smallest absolute Gasteiger partial charge is 0.135 e. The van der Waals surface area contributed by atoms with Crippen LogP contribution in [0.1, 0.15) is 77.3 Å². The minimum Gasteiger partial charge on any atom is -0.488 e. The lowest BCUT2D eigenvalue weighted by Crippen LogP contribution is -2.01. The lowest BCUT2D eigenvalue weighted by Gasteiger charge is -2.19. The maximum atomic E-state index is 6.45. The molecule has 0 amide bonds. The average Bonchev–Trinajstić information content (AvgIpc) is 2.87. The van der Waals surface area contributed by atoms with Gasteiger partial charge in [0.05, 0.1) is 0 Å². The molecular weight excluding hydrogens is 416 g/mol. The quantitative estimate of drug-likeness (QED) is 0.136. The molecule has 3 aromatic carbocycles. The van der Waals surface area contributed by atoms with Gasteiger partial charge in [-0.1, -0.05) is 102 Å². The molecule has 0 aliphatic rings. The molecule has 0 unspecified atom stereocenters. The molecule has 0 aromatic heterocycles. The van der Waals surface area contributed by atoms with Crippen LogP contribution in [0.5, 0.6) is 11.5 Å². The maximum Gasteiger partial charge on any atom is 0.135 e. The Kier molecular flexibility index (Phi) is 10.5. The zero-order valence-electron chi connectivity index (χ0n) is 21.7. The van der Waals surface area contributed by atoms with Crippen molar-refractivity contribution in [1.29, 1.82) is 0 Å². The summed E-state index contributed by atoms with van der Waals surface area (Å²) < 4.78 is 12.9. The molecule has 0 N–H and O–H groups in total. The lowest BCUT2D eigenvalue weighted by molar-refractivity contribution is 0.365. The van der Waals surface area contributed by atoms with E-state index in [9.17, 15) is 0 Å². The van der Waals surface area contributed by atoms with Crippen LogP contribution in [0.2, 0.25) is 0 Å². The van der Waals surface area contributed by atoms with E-state index in [2.05, 4.69) is 88.4 Å². The highest BCUT2D eigenvalue weighted by atomic mass is 16.5. The van der Waals surface area contributed by atoms with Crippen LogP contribution >= 0.6 is 0 Å². The van der Waals surface area contributed by atoms with E-state index in [1.165, 1.54) is 36.8 Å². The lowest BCUT2D eigenvalue weighted by atomic mass is 9.93. The Labute approximate surface area is 206 Å². The second kappa shape index (κ2) is 13.8. The van der Waals surface area contributed by atoms with Crippen molar-refractivity contribution in [2.24, 2.45) is 0 Å². The molecule has 0 aliphatic heterocycles. The van der Waals surface area contributed by atoms with Gasteiger partial charge in [0.2, 0.25) is 0 Å². The molecule has 0 bridgehead atoms. The Morgan fingerprint density at radius 3 is 1.41 bits per heavy atom. The predicted octanol–water partition coefficient (Wildman–Crippen LogP) is 9.37. The minimum absolute atomic E-state index is 0.583. The zero-order valence-corrected chi connectivity index (χ0v) is 21.7. The Bertz CT molecular complexity index is 1020. The van der Waals surface area contributed by atoms with Gasteiger partial charge in [0.25, 0.3) is 0 Å². The number of allylic oxidation sites excluding steroid dienone is 2. The van der Waals surface area contributed by atoms with Crippen molar-refractivity contribution in [3.05, 3.63) is 71.8 Å². The molecule has 3 rings (SSSR count). The fourth-order valence-electron chi connectivity index (χ4n) is 4.48. The number of rotatable bonds is 14. The topological polar surface area (TPSA) is 18.5 Å². The van der Waals surface area contributed by atoms with E-state index in [0.29, 0.717) is 13.2 Å². The molecule has 2 nitrogen and oxygen atoms in total. The minimum atomic E-state index is 0.583. The summed E-state index contributed by atoms with van der Waals surface area (Å²) >= 11 is 0. The molecule has 0 saturated heterocycles. The van der Waals surface area contributed by atoms with Gasteiger partial charge in [-0.15, -0.1) is 0 Å². The van der Waals surface area contributed by atoms with Gasteiger partial charge in [0.15, 0.2) is 0 Å². The number of unbranched alkanes of at least 4 members (excludes halogenated alkanes) is 4. The van der Waals surface area contributed by atoms with Crippen LogP contribution in [0.15, 0.2) is 60.7 Å². The average molecular weight is 459 g/mol. The number of hydrogen-bond acceptors (Lipinski definition) is 2. The van der Waals surface area contributed by atoms with Gasteiger partial charge in [-0.05, 0) is 48.9 Å². The summed E-state index contributed by atoms with van der Waals surface area (Å²) in [5, 5.41) is 4.54. The van der Waals surface area contributed by atoms with E-state index < -0.39 is 0 Å². The number of ether oxygens (including phenoxy) is 2. The van der Waals surface area contributed by atoms with Gasteiger partial charge >= 0.3 is 0 Å². The normalized spacial score (nSPS) is 11.9. The van der Waals surface area contributed by atoms with Crippen molar-refractivity contribution in [3.8, 4) is 11.5 Å². The molecule has 0 atom stereocenters. The first-order valence-electron chi connectivity index (χ1n) is 13.3. The fraction of sp³-hybridized carbons (Fsp3) is 0.438. The number of aryl methyl sites for hydroxylation is 2. The van der Waals surface area contributed by atoms with Gasteiger partial charge < -0.3 is 9.47 Å². The summed E-state index contributed by atoms with van der Waals surface area (Å²) in [4.78, 5) is 0. The van der Waals surface area contributed by atoms with Crippen LogP contribution in [-0.4, -0.2) is 13.2 Å². The fourth-order valence-corrected chi connectivity index (χ4v) is 4.48. The molecular formula is C32H42O2. The van der Waals surface area contributed by atoms with E-state index in [4.69, 9.17) is 9.47 Å². The number of hydrogen-bond donors (Lipinski definition) is 0. The molecule has 0 saturated carbocycles. The van der Waals surface area contributed by atoms with Gasteiger partial charge in [-0.3, -0.25) is 0 Å². The standard InChI is InChI=1S/C32H42O2/c1-5-9-11-13-17-21-33-31-27-19-15-16-20-28(27)32(34-22-18-14-12-10-6-2)30-24-26(8-4)25(7-3)23-29(30)31/h13-20,23-24H,5-12,21-22H2,1-4H3/b17-13+,18-14+. The Hall–Kier alpha value is -2.74. The first-order chi connectivity index (χ1) is 16.7. The molecule has 0 radical (unpaired) electrons. The highest BCUT2D eigenvalue weighted by Crippen LogP contribution is 2.44. The third-order valence-electron chi connectivity index (χ3n) is 6.44. The second-order valence-corrected chi connectivity index (χ2v) is 8.93. The van der Waals surface area contributed by atoms with Crippen molar-refractivity contribution in [2.75, 3.05) is 13.2 Å². The summed E-state index contributed by atoms with van der Waals surface area (Å²) in [5.41, 5.74) is 2.78. The van der Waals surface area contributed by atoms with Crippen LogP contribution in [0, 0.1) is 0 Å². The van der Waals surface area contributed by atoms with Gasteiger partial charge in [0.1, 0.15) is 24.7 Å². The molecule has 0 aliphatic carbocycles. The second-order valence-electron chi connectivity index (χ2n) is 8.93. The summed E-state index contributed by atoms with van der Waals surface area (Å²) in [7, 11) is 0. The Morgan fingerprint density at radius 2 is 1.03 bits per heavy atom. The van der Waals surface area contributed by atoms with E-state index in [0.717, 1.165) is 58.7 Å². The predicted molar refractivity (Wildman–Crippen MR) is 149 cm³/mol. The Balaban J connectivity index is 2.07. The molecule has 34 heavy (non-hydrogen) atoms. The van der Waals surface area contributed by atoms with Crippen molar-refractivity contribution in [1.82, 2.24) is 0 Å². The van der Waals surface area contributed by atoms with E-state index in [1.54, 1.807) is 0 Å². The van der Waals surface area contributed by atoms with Crippen molar-refractivity contribution < 1.29 is 9.47 Å². The van der Waals surface area contributed by atoms with Crippen LogP contribution < -0.4 is 9.47 Å². The summed E-state index contributed by atoms with van der Waals surface area (Å²) in [5.74, 6) is 1.93. The van der Waals surface area contributed by atoms with Gasteiger partial charge in [-0.25, -0.2) is 0 Å². The van der Waals surface area contributed by atoms with Crippen molar-refractivity contribution in [3.63, 3.8) is 0 Å². The van der Waals surface area contributed by atoms with Crippen LogP contribution in [-0.2, 0) is 12.8 Å². The van der Waals surface area contributed by atoms with Crippen LogP contribution in [0.3, 0.4) is 0 Å². The number of fused-ring (bicyclic) bond motifs is 2. The maximum absolute atomic E-state index is 6.45. The first kappa shape index (κ1) is 25.9. The van der Waals surface area contributed by atoms with E-state index >= 15 is 0 Å². The SMILES string of the molecule is CCCC/C=C/COc1c2ccccc2c(OC/C=C/CCCC)c2cc(CC)c(CC)cc12. The molecule has 0 fully saturated rings. The van der Waals surface area contributed by atoms with Crippen LogP contribution in [0.4, 0.5) is 0 Å². The number of benzene rings is 3. The zero-order chi connectivity index (χ0) is 24.2. The van der Waals surface area contributed by atoms with Gasteiger partial charge in [0, 0.05) is 21.5 Å². The van der Waals surface area contributed by atoms with E-state index in [1.807, 2.05) is 0 Å². The third-order valence-corrected chi connectivity index (χ3v) is 6.44. The molecule has 182 valence electrons. The van der Waals surface area contributed by atoms with Crippen molar-refractivity contribution >= 4 is 21.5 Å². The highest BCUT2D eigenvalue weighted by molar-refractivity contribution is 6.11. The summed E-state index contributed by atoms with van der Waals surface area (Å²) in [6.07, 6.45) is 17.9. The third kappa shape index (κ3) is 6.44. The van der Waals surface area contributed by atoms with Crippen LogP contribution in [0.25, 0.3) is 21.5 Å². The van der Waals surface area contributed by atoms with Crippen molar-refractivity contribution in [2.45, 2.75) is 79.1 Å². The highest BCUT2D eigenvalue weighted by Gasteiger charge is 2.17. The molecule has 3 aromatic rings. The van der Waals surface area contributed by atoms with E-state index in [-0.39, 0.29) is 0 Å². The summed E-state index contributed by atoms with van der Waals surface area (Å²) in [6.45, 7) is 10.1. The first-order valence-corrected chi connectivity index (χ1v) is 13.3. The monoisotopic (exact) mass is 458 g/mol. The molecule has 2 heteroatoms. The summed E-state index contributed by atoms with van der Waals surface area (Å²) in [6, 6.07) is 13.2.